The zero-order valence-corrected chi connectivity index (χ0v) is 10.5. The summed E-state index contributed by atoms with van der Waals surface area (Å²) in [5.41, 5.74) is 0. The smallest absolute Gasteiger partial charge is 0.156 e. The van der Waals surface area contributed by atoms with E-state index in [9.17, 15) is 0 Å². The van der Waals surface area contributed by atoms with Crippen LogP contribution in [0.5, 0.6) is 0 Å². The molecule has 0 aromatic rings. The van der Waals surface area contributed by atoms with E-state index in [1.807, 2.05) is 0 Å². The number of unbranched alkanes of at least 4 members (excludes halogenated alkanes) is 6. The maximum atomic E-state index is 2.43. The lowest BCUT2D eigenvalue weighted by atomic mass is 10.1. The third-order valence-electron chi connectivity index (χ3n) is 3.07. The summed E-state index contributed by atoms with van der Waals surface area (Å²) < 4.78 is 0. The Morgan fingerprint density at radius 3 is 2.33 bits per heavy atom. The molecule has 0 bridgehead atoms. The van der Waals surface area contributed by atoms with Gasteiger partial charge in [-0.25, -0.2) is 0 Å². The van der Waals surface area contributed by atoms with Crippen molar-refractivity contribution in [3.8, 4) is 0 Å². The van der Waals surface area contributed by atoms with Crippen molar-refractivity contribution >= 4 is 0 Å². The van der Waals surface area contributed by atoms with Gasteiger partial charge < -0.3 is 4.90 Å². The molecule has 2 nitrogen and oxygen atoms in total. The Kier molecular flexibility index (Phi) is 6.49. The van der Waals surface area contributed by atoms with Crippen LogP contribution in [0.3, 0.4) is 0 Å². The van der Waals surface area contributed by atoms with Crippen LogP contribution >= 0.6 is 0 Å². The van der Waals surface area contributed by atoms with Crippen molar-refractivity contribution in [1.29, 1.82) is 0 Å². The fourth-order valence-electron chi connectivity index (χ4n) is 2.08. The van der Waals surface area contributed by atoms with Gasteiger partial charge in [-0.2, -0.15) is 0 Å². The lowest BCUT2D eigenvalue weighted by Crippen LogP contribution is -3.03. The molecule has 88 valence electrons. The molecule has 1 unspecified atom stereocenters. The number of quaternary nitrogens is 1. The minimum Gasteiger partial charge on any atom is -0.326 e. The molecule has 0 amide bonds. The first-order valence-corrected chi connectivity index (χ1v) is 6.57. The van der Waals surface area contributed by atoms with Gasteiger partial charge >= 0.3 is 0 Å². The molecule has 0 aromatic heterocycles. The zero-order chi connectivity index (χ0) is 10.9. The third-order valence-corrected chi connectivity index (χ3v) is 3.07. The molecule has 0 saturated heterocycles. The third kappa shape index (κ3) is 5.83. The minimum absolute atomic E-state index is 1.16. The molecule has 1 N–H and O–H groups in total. The number of rotatable bonds is 8. The highest BCUT2D eigenvalue weighted by molar-refractivity contribution is 4.76. The van der Waals surface area contributed by atoms with E-state index in [1.54, 1.807) is 0 Å². The van der Waals surface area contributed by atoms with Gasteiger partial charge in [0.05, 0.1) is 13.2 Å². The van der Waals surface area contributed by atoms with Crippen molar-refractivity contribution in [3.63, 3.8) is 0 Å². The Bertz CT molecular complexity index is 177. The molecule has 0 saturated carbocycles. The first kappa shape index (κ1) is 12.6. The molecule has 1 aliphatic heterocycles. The van der Waals surface area contributed by atoms with Crippen molar-refractivity contribution < 1.29 is 4.90 Å². The molecule has 1 rings (SSSR count). The molecular weight excluding hydrogens is 184 g/mol. The average molecular weight is 211 g/mol. The summed E-state index contributed by atoms with van der Waals surface area (Å²) in [5.74, 6) is 0. The van der Waals surface area contributed by atoms with Crippen molar-refractivity contribution in [2.24, 2.45) is 0 Å². The van der Waals surface area contributed by atoms with E-state index in [0.29, 0.717) is 0 Å². The molecule has 1 atom stereocenters. The summed E-state index contributed by atoms with van der Waals surface area (Å²) in [4.78, 5) is 3.93. The van der Waals surface area contributed by atoms with Crippen LogP contribution in [0.1, 0.15) is 51.9 Å². The van der Waals surface area contributed by atoms with E-state index in [1.165, 1.54) is 56.4 Å². The standard InChI is InChI=1S/C13H26N2/c1-3-4-5-6-7-8-9-10-15-12-11-14(2)13-15/h11-12H,3-10,13H2,1-2H3/p+1. The highest BCUT2D eigenvalue weighted by Crippen LogP contribution is 2.07. The lowest BCUT2D eigenvalue weighted by Gasteiger charge is -2.14. The summed E-state index contributed by atoms with van der Waals surface area (Å²) in [5, 5.41) is 0. The summed E-state index contributed by atoms with van der Waals surface area (Å²) in [6.07, 6.45) is 14.3. The number of nitrogens with one attached hydrogen (secondary N) is 1. The fraction of sp³-hybridized carbons (Fsp3) is 0.846. The molecule has 0 aromatic carbocycles. The van der Waals surface area contributed by atoms with Gasteiger partial charge in [0.15, 0.2) is 6.67 Å². The van der Waals surface area contributed by atoms with Gasteiger partial charge in [-0.1, -0.05) is 45.4 Å². The van der Waals surface area contributed by atoms with Crippen molar-refractivity contribution in [2.45, 2.75) is 51.9 Å². The van der Waals surface area contributed by atoms with Gasteiger partial charge in [-0.05, 0) is 6.42 Å². The van der Waals surface area contributed by atoms with Crippen molar-refractivity contribution in [1.82, 2.24) is 4.90 Å². The normalized spacial score (nSPS) is 20.1. The lowest BCUT2D eigenvalue weighted by molar-refractivity contribution is -0.826. The molecule has 0 fully saturated rings. The van der Waals surface area contributed by atoms with Gasteiger partial charge in [-0.15, -0.1) is 0 Å². The van der Waals surface area contributed by atoms with E-state index in [-0.39, 0.29) is 0 Å². The van der Waals surface area contributed by atoms with Crippen LogP contribution in [0.2, 0.25) is 0 Å². The number of hydrogen-bond acceptors (Lipinski definition) is 1. The van der Waals surface area contributed by atoms with E-state index < -0.39 is 0 Å². The monoisotopic (exact) mass is 211 g/mol. The summed E-state index contributed by atoms with van der Waals surface area (Å²) in [6, 6.07) is 0. The van der Waals surface area contributed by atoms with Gasteiger partial charge in [-0.3, -0.25) is 4.90 Å². The predicted molar refractivity (Wildman–Crippen MR) is 65.6 cm³/mol. The summed E-state index contributed by atoms with van der Waals surface area (Å²) in [7, 11) is 2.21. The van der Waals surface area contributed by atoms with E-state index in [2.05, 4.69) is 31.3 Å². The highest BCUT2D eigenvalue weighted by Gasteiger charge is 2.10. The molecule has 0 radical (unpaired) electrons. The molecule has 0 spiro atoms. The minimum atomic E-state index is 1.16. The van der Waals surface area contributed by atoms with Crippen LogP contribution in [0.4, 0.5) is 0 Å². The van der Waals surface area contributed by atoms with E-state index in [4.69, 9.17) is 0 Å². The van der Waals surface area contributed by atoms with Crippen LogP contribution < -0.4 is 4.90 Å². The molecule has 1 aliphatic rings. The van der Waals surface area contributed by atoms with Crippen LogP contribution in [0.15, 0.2) is 12.4 Å². The second kappa shape index (κ2) is 7.75. The van der Waals surface area contributed by atoms with Crippen LogP contribution in [0, 0.1) is 0 Å². The fourth-order valence-corrected chi connectivity index (χ4v) is 2.08. The predicted octanol–water partition coefficient (Wildman–Crippen LogP) is 2.00. The molecule has 0 aliphatic carbocycles. The Morgan fingerprint density at radius 1 is 1.07 bits per heavy atom. The Balaban J connectivity index is 1.83. The number of nitrogens with zero attached hydrogens (tertiary/aromatic N) is 1. The quantitative estimate of drug-likeness (QED) is 0.603. The Labute approximate surface area is 94.9 Å². The van der Waals surface area contributed by atoms with Crippen molar-refractivity contribution in [3.05, 3.63) is 12.4 Å². The summed E-state index contributed by atoms with van der Waals surface area (Å²) in [6.45, 7) is 4.69. The van der Waals surface area contributed by atoms with Gasteiger partial charge in [0.1, 0.15) is 6.20 Å². The first-order chi connectivity index (χ1) is 7.33. The topological polar surface area (TPSA) is 7.68 Å². The second-order valence-electron chi connectivity index (χ2n) is 4.75. The Morgan fingerprint density at radius 2 is 1.73 bits per heavy atom. The van der Waals surface area contributed by atoms with Crippen LogP contribution in [-0.2, 0) is 0 Å². The van der Waals surface area contributed by atoms with E-state index >= 15 is 0 Å². The summed E-state index contributed by atoms with van der Waals surface area (Å²) >= 11 is 0. The molecule has 2 heteroatoms. The maximum absolute atomic E-state index is 2.43. The van der Waals surface area contributed by atoms with Gasteiger partial charge in [0, 0.05) is 6.54 Å². The average Bonchev–Trinajstić information content (AvgIpc) is 2.63. The maximum Gasteiger partial charge on any atom is 0.156 e. The second-order valence-corrected chi connectivity index (χ2v) is 4.75. The highest BCUT2D eigenvalue weighted by atomic mass is 15.3. The van der Waals surface area contributed by atoms with Crippen LogP contribution in [-0.4, -0.2) is 25.2 Å². The first-order valence-electron chi connectivity index (χ1n) is 6.57. The molecular formula is C13H27N2+. The SMILES string of the molecule is CCCCCCCCCN1C=C[NH+](C)C1. The van der Waals surface area contributed by atoms with E-state index in [0.717, 1.165) is 6.67 Å². The Hall–Kier alpha value is -0.500. The van der Waals surface area contributed by atoms with Gasteiger partial charge in [0.25, 0.3) is 0 Å². The molecule has 15 heavy (non-hydrogen) atoms. The van der Waals surface area contributed by atoms with Crippen LogP contribution in [0.25, 0.3) is 0 Å². The zero-order valence-electron chi connectivity index (χ0n) is 10.5. The number of hydrogen-bond donors (Lipinski definition) is 1. The largest absolute Gasteiger partial charge is 0.326 e. The van der Waals surface area contributed by atoms with Crippen molar-refractivity contribution in [2.75, 3.05) is 20.3 Å². The van der Waals surface area contributed by atoms with Gasteiger partial charge in [0.2, 0.25) is 0 Å². The molecule has 1 heterocycles.